The number of nitrogens with zero attached hydrogens (tertiary/aromatic N) is 2. The Kier molecular flexibility index (Phi) is 7.21. The number of amides is 3. The lowest BCUT2D eigenvalue weighted by atomic mass is 9.86. The molecule has 1 heterocycles. The lowest BCUT2D eigenvalue weighted by molar-refractivity contribution is -0.121. The van der Waals surface area contributed by atoms with E-state index in [2.05, 4.69) is 17.6 Å². The summed E-state index contributed by atoms with van der Waals surface area (Å²) in [4.78, 5) is 25.9. The fourth-order valence-corrected chi connectivity index (χ4v) is 4.54. The van der Waals surface area contributed by atoms with E-state index in [-0.39, 0.29) is 24.2 Å². The molecule has 2 unspecified atom stereocenters. The summed E-state index contributed by atoms with van der Waals surface area (Å²) in [7, 11) is -3.17. The highest BCUT2D eigenvalue weighted by Gasteiger charge is 2.27. The van der Waals surface area contributed by atoms with Gasteiger partial charge in [0.15, 0.2) is 0 Å². The van der Waals surface area contributed by atoms with E-state index in [1.54, 1.807) is 6.92 Å². The number of imide groups is 1. The molecule has 2 rings (SSSR count). The van der Waals surface area contributed by atoms with Crippen LogP contribution in [0.3, 0.4) is 0 Å². The standard InChI is InChI=1S/C16H30N4O4S/c1-3-25(23,24)20-10-8-19(9-11-20)12-15(21)18-16(22)17-14-7-5-4-6-13(14)2/h13-14H,3-12H2,1-2H3,(H2,17,18,21,22). The quantitative estimate of drug-likeness (QED) is 0.724. The van der Waals surface area contributed by atoms with Gasteiger partial charge >= 0.3 is 6.03 Å². The number of urea groups is 1. The molecule has 3 amide bonds. The molecule has 2 aliphatic rings. The van der Waals surface area contributed by atoms with Gasteiger partial charge in [0.25, 0.3) is 0 Å². The van der Waals surface area contributed by atoms with Gasteiger partial charge in [-0.15, -0.1) is 0 Å². The van der Waals surface area contributed by atoms with Crippen molar-refractivity contribution in [2.75, 3.05) is 38.5 Å². The van der Waals surface area contributed by atoms with Crippen molar-refractivity contribution < 1.29 is 18.0 Å². The van der Waals surface area contributed by atoms with Crippen LogP contribution in [0, 0.1) is 5.92 Å². The maximum Gasteiger partial charge on any atom is 0.321 e. The third-order valence-corrected chi connectivity index (χ3v) is 7.02. The maximum absolute atomic E-state index is 12.0. The van der Waals surface area contributed by atoms with Crippen molar-refractivity contribution in [2.24, 2.45) is 5.92 Å². The van der Waals surface area contributed by atoms with Gasteiger partial charge in [-0.25, -0.2) is 13.2 Å². The van der Waals surface area contributed by atoms with E-state index in [1.807, 2.05) is 4.90 Å². The van der Waals surface area contributed by atoms with Crippen LogP contribution in [0.5, 0.6) is 0 Å². The molecule has 1 saturated carbocycles. The molecule has 2 fully saturated rings. The Bertz CT molecular complexity index is 573. The van der Waals surface area contributed by atoms with E-state index in [0.717, 1.165) is 19.3 Å². The summed E-state index contributed by atoms with van der Waals surface area (Å²) in [5, 5.41) is 5.28. The third kappa shape index (κ3) is 5.93. The number of hydrogen-bond acceptors (Lipinski definition) is 5. The van der Waals surface area contributed by atoms with Gasteiger partial charge in [0, 0.05) is 32.2 Å². The maximum atomic E-state index is 12.0. The molecule has 1 saturated heterocycles. The summed E-state index contributed by atoms with van der Waals surface area (Å²) in [6, 6.07) is -0.305. The van der Waals surface area contributed by atoms with E-state index in [1.165, 1.54) is 10.7 Å². The number of hydrogen-bond donors (Lipinski definition) is 2. The number of piperazine rings is 1. The zero-order chi connectivity index (χ0) is 18.4. The van der Waals surface area contributed by atoms with Crippen molar-refractivity contribution >= 4 is 22.0 Å². The summed E-state index contributed by atoms with van der Waals surface area (Å²) in [5.74, 6) is 0.170. The normalized spacial score (nSPS) is 26.2. The van der Waals surface area contributed by atoms with Crippen LogP contribution in [-0.4, -0.2) is 74.1 Å². The Morgan fingerprint density at radius 2 is 1.72 bits per heavy atom. The van der Waals surface area contributed by atoms with Crippen molar-refractivity contribution in [2.45, 2.75) is 45.6 Å². The predicted octanol–water partition coefficient (Wildman–Crippen LogP) is 0.358. The van der Waals surface area contributed by atoms with Crippen LogP contribution < -0.4 is 10.6 Å². The molecule has 0 aromatic rings. The van der Waals surface area contributed by atoms with Crippen molar-refractivity contribution in [3.05, 3.63) is 0 Å². The highest BCUT2D eigenvalue weighted by atomic mass is 32.2. The van der Waals surface area contributed by atoms with Crippen LogP contribution in [0.1, 0.15) is 39.5 Å². The van der Waals surface area contributed by atoms with Gasteiger partial charge in [-0.05, 0) is 25.7 Å². The first-order valence-electron chi connectivity index (χ1n) is 9.12. The molecule has 0 aromatic carbocycles. The van der Waals surface area contributed by atoms with Crippen LogP contribution in [0.2, 0.25) is 0 Å². The second-order valence-corrected chi connectivity index (χ2v) is 9.22. The second-order valence-electron chi connectivity index (χ2n) is 6.97. The zero-order valence-corrected chi connectivity index (χ0v) is 16.0. The summed E-state index contributed by atoms with van der Waals surface area (Å²) >= 11 is 0. The number of rotatable bonds is 5. The van der Waals surface area contributed by atoms with Crippen LogP contribution in [0.15, 0.2) is 0 Å². The lowest BCUT2D eigenvalue weighted by Crippen LogP contribution is -2.53. The predicted molar refractivity (Wildman–Crippen MR) is 95.6 cm³/mol. The fourth-order valence-electron chi connectivity index (χ4n) is 3.45. The highest BCUT2D eigenvalue weighted by molar-refractivity contribution is 7.89. The zero-order valence-electron chi connectivity index (χ0n) is 15.2. The minimum Gasteiger partial charge on any atom is -0.335 e. The summed E-state index contributed by atoms with van der Waals surface area (Å²) in [6.45, 7) is 5.61. The summed E-state index contributed by atoms with van der Waals surface area (Å²) < 4.78 is 25.1. The van der Waals surface area contributed by atoms with E-state index >= 15 is 0 Å². The Hall–Kier alpha value is -1.19. The molecule has 144 valence electrons. The smallest absolute Gasteiger partial charge is 0.321 e. The molecule has 2 atom stereocenters. The second kappa shape index (κ2) is 8.95. The molecule has 0 bridgehead atoms. The van der Waals surface area contributed by atoms with Crippen molar-refractivity contribution in [3.63, 3.8) is 0 Å². The molecule has 1 aliphatic carbocycles. The highest BCUT2D eigenvalue weighted by Crippen LogP contribution is 2.23. The van der Waals surface area contributed by atoms with E-state index < -0.39 is 16.1 Å². The van der Waals surface area contributed by atoms with Gasteiger partial charge in [-0.3, -0.25) is 15.0 Å². The monoisotopic (exact) mass is 374 g/mol. The summed E-state index contributed by atoms with van der Waals surface area (Å²) in [5.41, 5.74) is 0. The van der Waals surface area contributed by atoms with Crippen LogP contribution >= 0.6 is 0 Å². The molecule has 8 nitrogen and oxygen atoms in total. The number of carbonyl (C=O) groups excluding carboxylic acids is 2. The SMILES string of the molecule is CCS(=O)(=O)N1CCN(CC(=O)NC(=O)NC2CCCCC2C)CC1. The molecular weight excluding hydrogens is 344 g/mol. The minimum absolute atomic E-state index is 0.0905. The molecule has 25 heavy (non-hydrogen) atoms. The molecule has 0 aromatic heterocycles. The average Bonchev–Trinajstić information content (AvgIpc) is 2.57. The van der Waals surface area contributed by atoms with E-state index in [9.17, 15) is 18.0 Å². The Morgan fingerprint density at radius 3 is 2.32 bits per heavy atom. The number of sulfonamides is 1. The molecule has 1 aliphatic heterocycles. The molecule has 2 N–H and O–H groups in total. The molecule has 0 radical (unpaired) electrons. The molecule has 0 spiro atoms. The Labute approximate surface area is 150 Å². The van der Waals surface area contributed by atoms with Crippen LogP contribution in [-0.2, 0) is 14.8 Å². The fraction of sp³-hybridized carbons (Fsp3) is 0.875. The van der Waals surface area contributed by atoms with Gasteiger partial charge < -0.3 is 5.32 Å². The van der Waals surface area contributed by atoms with E-state index in [4.69, 9.17) is 0 Å². The van der Waals surface area contributed by atoms with Gasteiger partial charge in [0.1, 0.15) is 0 Å². The van der Waals surface area contributed by atoms with E-state index in [0.29, 0.717) is 32.1 Å². The molecule has 9 heteroatoms. The lowest BCUT2D eigenvalue weighted by Gasteiger charge is -2.33. The van der Waals surface area contributed by atoms with Gasteiger partial charge in [0.2, 0.25) is 15.9 Å². The van der Waals surface area contributed by atoms with Crippen molar-refractivity contribution in [1.29, 1.82) is 0 Å². The summed E-state index contributed by atoms with van der Waals surface area (Å²) in [6.07, 6.45) is 4.36. The van der Waals surface area contributed by atoms with Crippen molar-refractivity contribution in [3.8, 4) is 0 Å². The topological polar surface area (TPSA) is 98.8 Å². The van der Waals surface area contributed by atoms with Crippen molar-refractivity contribution in [1.82, 2.24) is 19.8 Å². The average molecular weight is 375 g/mol. The Morgan fingerprint density at radius 1 is 1.08 bits per heavy atom. The van der Waals surface area contributed by atoms with Gasteiger partial charge in [-0.1, -0.05) is 19.8 Å². The first-order chi connectivity index (χ1) is 11.8. The van der Waals surface area contributed by atoms with Gasteiger partial charge in [-0.2, -0.15) is 4.31 Å². The first kappa shape index (κ1) is 20.1. The third-order valence-electron chi connectivity index (χ3n) is 5.14. The number of carbonyl (C=O) groups is 2. The van der Waals surface area contributed by atoms with Gasteiger partial charge in [0.05, 0.1) is 12.3 Å². The molecular formula is C16H30N4O4S. The minimum atomic E-state index is -3.17. The first-order valence-corrected chi connectivity index (χ1v) is 10.7. The van der Waals surface area contributed by atoms with Crippen LogP contribution in [0.25, 0.3) is 0 Å². The van der Waals surface area contributed by atoms with Crippen LogP contribution in [0.4, 0.5) is 4.79 Å². The largest absolute Gasteiger partial charge is 0.335 e. The number of nitrogens with one attached hydrogen (secondary N) is 2. The Balaban J connectivity index is 1.71.